The normalized spacial score (nSPS) is 15.6. The molecule has 0 aliphatic carbocycles. The minimum absolute atomic E-state index is 0.0111. The number of amides is 1. The van der Waals surface area contributed by atoms with Gasteiger partial charge in [0, 0.05) is 19.6 Å². The number of hydrogen-bond donors (Lipinski definition) is 1. The predicted molar refractivity (Wildman–Crippen MR) is 108 cm³/mol. The van der Waals surface area contributed by atoms with Crippen molar-refractivity contribution in [3.8, 4) is 11.5 Å². The Kier molecular flexibility index (Phi) is 7.28. The Morgan fingerprint density at radius 1 is 1.00 bits per heavy atom. The van der Waals surface area contributed by atoms with E-state index in [0.717, 1.165) is 35.7 Å². The van der Waals surface area contributed by atoms with E-state index in [1.165, 1.54) is 0 Å². The standard InChI is InChI=1S/C22H28N2O4/c1-26-19-7-3-17(4-8-19)15-22(25)23-16-21(24-11-13-28-14-12-24)18-5-9-20(27-2)10-6-18/h3-10,21H,11-16H2,1-2H3,(H,23,25)/t21-/m0/s1. The van der Waals surface area contributed by atoms with E-state index in [4.69, 9.17) is 14.2 Å². The van der Waals surface area contributed by atoms with Crippen molar-refractivity contribution in [3.05, 3.63) is 59.7 Å². The van der Waals surface area contributed by atoms with Crippen molar-refractivity contribution in [1.82, 2.24) is 10.2 Å². The fraction of sp³-hybridized carbons (Fsp3) is 0.409. The second-order valence-corrected chi connectivity index (χ2v) is 6.77. The Morgan fingerprint density at radius 3 is 2.14 bits per heavy atom. The lowest BCUT2D eigenvalue weighted by molar-refractivity contribution is -0.120. The number of ether oxygens (including phenoxy) is 3. The van der Waals surface area contributed by atoms with E-state index in [0.29, 0.717) is 26.2 Å². The minimum Gasteiger partial charge on any atom is -0.497 e. The Hall–Kier alpha value is -2.57. The van der Waals surface area contributed by atoms with E-state index in [-0.39, 0.29) is 11.9 Å². The smallest absolute Gasteiger partial charge is 0.224 e. The molecule has 150 valence electrons. The molecule has 6 nitrogen and oxygen atoms in total. The zero-order valence-electron chi connectivity index (χ0n) is 16.5. The monoisotopic (exact) mass is 384 g/mol. The largest absolute Gasteiger partial charge is 0.497 e. The third kappa shape index (κ3) is 5.47. The number of carbonyl (C=O) groups is 1. The maximum atomic E-state index is 12.5. The van der Waals surface area contributed by atoms with Gasteiger partial charge < -0.3 is 19.5 Å². The van der Waals surface area contributed by atoms with Gasteiger partial charge in [-0.1, -0.05) is 24.3 Å². The first-order valence-electron chi connectivity index (χ1n) is 9.55. The van der Waals surface area contributed by atoms with Crippen LogP contribution >= 0.6 is 0 Å². The average molecular weight is 384 g/mol. The van der Waals surface area contributed by atoms with E-state index < -0.39 is 0 Å². The van der Waals surface area contributed by atoms with Gasteiger partial charge in [0.1, 0.15) is 11.5 Å². The highest BCUT2D eigenvalue weighted by Gasteiger charge is 2.23. The minimum atomic E-state index is 0.0111. The Labute approximate surface area is 166 Å². The molecule has 6 heteroatoms. The third-order valence-electron chi connectivity index (χ3n) is 5.00. The number of carbonyl (C=O) groups excluding carboxylic acids is 1. The van der Waals surface area contributed by atoms with Crippen LogP contribution in [-0.2, 0) is 16.0 Å². The quantitative estimate of drug-likeness (QED) is 0.758. The van der Waals surface area contributed by atoms with Crippen molar-refractivity contribution in [2.45, 2.75) is 12.5 Å². The van der Waals surface area contributed by atoms with Gasteiger partial charge in [-0.25, -0.2) is 0 Å². The molecule has 0 spiro atoms. The summed E-state index contributed by atoms with van der Waals surface area (Å²) in [5, 5.41) is 3.10. The summed E-state index contributed by atoms with van der Waals surface area (Å²) in [4.78, 5) is 14.8. The summed E-state index contributed by atoms with van der Waals surface area (Å²) >= 11 is 0. The van der Waals surface area contributed by atoms with Crippen LogP contribution in [0.25, 0.3) is 0 Å². The van der Waals surface area contributed by atoms with E-state index in [2.05, 4.69) is 22.3 Å². The van der Waals surface area contributed by atoms with Gasteiger partial charge in [-0.15, -0.1) is 0 Å². The molecule has 1 aliphatic heterocycles. The van der Waals surface area contributed by atoms with Crippen LogP contribution in [0.2, 0.25) is 0 Å². The van der Waals surface area contributed by atoms with Gasteiger partial charge in [-0.3, -0.25) is 9.69 Å². The lowest BCUT2D eigenvalue weighted by atomic mass is 10.0. The van der Waals surface area contributed by atoms with Crippen molar-refractivity contribution in [2.24, 2.45) is 0 Å². The highest BCUT2D eigenvalue weighted by Crippen LogP contribution is 2.23. The van der Waals surface area contributed by atoms with Crippen LogP contribution in [-0.4, -0.2) is 57.9 Å². The second kappa shape index (κ2) is 10.1. The predicted octanol–water partition coefficient (Wildman–Crippen LogP) is 2.44. The van der Waals surface area contributed by atoms with Crippen molar-refractivity contribution in [1.29, 1.82) is 0 Å². The number of rotatable bonds is 8. The van der Waals surface area contributed by atoms with Crippen molar-refractivity contribution < 1.29 is 19.0 Å². The zero-order valence-corrected chi connectivity index (χ0v) is 16.5. The fourth-order valence-corrected chi connectivity index (χ4v) is 3.37. The van der Waals surface area contributed by atoms with Gasteiger partial charge in [-0.2, -0.15) is 0 Å². The van der Waals surface area contributed by atoms with Crippen LogP contribution in [0.5, 0.6) is 11.5 Å². The lowest BCUT2D eigenvalue weighted by Crippen LogP contribution is -2.44. The first kappa shape index (κ1) is 20.2. The molecular weight excluding hydrogens is 356 g/mol. The first-order valence-corrected chi connectivity index (χ1v) is 9.55. The molecule has 1 fully saturated rings. The van der Waals surface area contributed by atoms with Crippen molar-refractivity contribution in [3.63, 3.8) is 0 Å². The summed E-state index contributed by atoms with van der Waals surface area (Å²) in [5.74, 6) is 1.63. The lowest BCUT2D eigenvalue weighted by Gasteiger charge is -2.35. The summed E-state index contributed by atoms with van der Waals surface area (Å²) < 4.78 is 15.9. The SMILES string of the molecule is COc1ccc(CC(=O)NC[C@@H](c2ccc(OC)cc2)N2CCOCC2)cc1. The second-order valence-electron chi connectivity index (χ2n) is 6.77. The summed E-state index contributed by atoms with van der Waals surface area (Å²) in [6.07, 6.45) is 0.350. The first-order chi connectivity index (χ1) is 13.7. The summed E-state index contributed by atoms with van der Waals surface area (Å²) in [5.41, 5.74) is 2.12. The molecule has 1 saturated heterocycles. The number of nitrogens with one attached hydrogen (secondary N) is 1. The molecule has 1 amide bonds. The molecule has 28 heavy (non-hydrogen) atoms. The number of benzene rings is 2. The van der Waals surface area contributed by atoms with Crippen LogP contribution in [0, 0.1) is 0 Å². The van der Waals surface area contributed by atoms with E-state index in [1.807, 2.05) is 36.4 Å². The Morgan fingerprint density at radius 2 is 1.57 bits per heavy atom. The van der Waals surface area contributed by atoms with E-state index in [9.17, 15) is 4.79 Å². The maximum Gasteiger partial charge on any atom is 0.224 e. The van der Waals surface area contributed by atoms with Gasteiger partial charge in [0.25, 0.3) is 0 Å². The summed E-state index contributed by atoms with van der Waals surface area (Å²) in [6, 6.07) is 15.7. The number of nitrogens with zero attached hydrogens (tertiary/aromatic N) is 1. The van der Waals surface area contributed by atoms with Crippen LogP contribution in [0.15, 0.2) is 48.5 Å². The average Bonchev–Trinajstić information content (AvgIpc) is 2.75. The number of methoxy groups -OCH3 is 2. The molecule has 1 N–H and O–H groups in total. The molecule has 0 unspecified atom stereocenters. The van der Waals surface area contributed by atoms with Crippen LogP contribution in [0.3, 0.4) is 0 Å². The number of morpholine rings is 1. The van der Waals surface area contributed by atoms with E-state index >= 15 is 0 Å². The van der Waals surface area contributed by atoms with Gasteiger partial charge in [0.2, 0.25) is 5.91 Å². The van der Waals surface area contributed by atoms with Crippen LogP contribution in [0.4, 0.5) is 0 Å². The molecular formula is C22H28N2O4. The van der Waals surface area contributed by atoms with E-state index in [1.54, 1.807) is 14.2 Å². The molecule has 0 bridgehead atoms. The maximum absolute atomic E-state index is 12.5. The van der Waals surface area contributed by atoms with Gasteiger partial charge in [0.15, 0.2) is 0 Å². The van der Waals surface area contributed by atoms with Crippen LogP contribution in [0.1, 0.15) is 17.2 Å². The van der Waals surface area contributed by atoms with Crippen LogP contribution < -0.4 is 14.8 Å². The fourth-order valence-electron chi connectivity index (χ4n) is 3.37. The molecule has 2 aromatic rings. The number of hydrogen-bond acceptors (Lipinski definition) is 5. The summed E-state index contributed by atoms with van der Waals surface area (Å²) in [7, 11) is 3.29. The molecule has 1 aliphatic rings. The summed E-state index contributed by atoms with van der Waals surface area (Å²) in [6.45, 7) is 3.69. The molecule has 1 atom stereocenters. The van der Waals surface area contributed by atoms with Gasteiger partial charge in [-0.05, 0) is 35.4 Å². The highest BCUT2D eigenvalue weighted by atomic mass is 16.5. The highest BCUT2D eigenvalue weighted by molar-refractivity contribution is 5.78. The molecule has 3 rings (SSSR count). The molecule has 0 saturated carbocycles. The molecule has 2 aromatic carbocycles. The van der Waals surface area contributed by atoms with Crippen molar-refractivity contribution >= 4 is 5.91 Å². The molecule has 1 heterocycles. The van der Waals surface area contributed by atoms with Gasteiger partial charge in [0.05, 0.1) is 39.9 Å². The third-order valence-corrected chi connectivity index (χ3v) is 5.00. The Bertz CT molecular complexity index is 740. The molecule has 0 aromatic heterocycles. The van der Waals surface area contributed by atoms with Crippen molar-refractivity contribution in [2.75, 3.05) is 47.1 Å². The Balaban J connectivity index is 1.63. The molecule has 0 radical (unpaired) electrons. The zero-order chi connectivity index (χ0) is 19.8. The topological polar surface area (TPSA) is 60.0 Å². The van der Waals surface area contributed by atoms with Gasteiger partial charge >= 0.3 is 0 Å².